The van der Waals surface area contributed by atoms with Crippen LogP contribution < -0.4 is 5.56 Å². The second-order valence-electron chi connectivity index (χ2n) is 3.47. The molecule has 0 aliphatic carbocycles. The minimum atomic E-state index is -0.538. The molecule has 0 atom stereocenters. The number of rotatable bonds is 1. The maximum atomic E-state index is 11.8. The molecule has 0 bridgehead atoms. The monoisotopic (exact) mass is 270 g/mol. The van der Waals surface area contributed by atoms with Crippen molar-refractivity contribution in [2.45, 2.75) is 13.8 Å². The zero-order valence-corrected chi connectivity index (χ0v) is 10.6. The first-order valence-corrected chi connectivity index (χ1v) is 5.50. The number of aryl methyl sites for hydroxylation is 2. The topological polar surface area (TPSA) is 60.7 Å². The third-order valence-corrected chi connectivity index (χ3v) is 2.78. The van der Waals surface area contributed by atoms with E-state index in [1.807, 2.05) is 0 Å². The van der Waals surface area contributed by atoms with Gasteiger partial charge in [0, 0.05) is 11.4 Å². The Hall–Kier alpha value is -1.46. The number of hydrogen-bond acceptors (Lipinski definition) is 4. The number of aromatic nitrogens is 4. The molecule has 2 aromatic heterocycles. The zero-order valence-electron chi connectivity index (χ0n) is 9.11. The Morgan fingerprint density at radius 3 is 2.35 bits per heavy atom. The molecule has 2 rings (SSSR count). The lowest BCUT2D eigenvalue weighted by atomic mass is 10.4. The molecule has 0 radical (unpaired) electrons. The molecule has 88 valence electrons. The lowest BCUT2D eigenvalue weighted by molar-refractivity contribution is 0.742. The summed E-state index contributed by atoms with van der Waals surface area (Å²) in [5.74, 6) is 0.186. The summed E-state index contributed by atoms with van der Waals surface area (Å²) in [6.45, 7) is 3.61. The minimum absolute atomic E-state index is 0.0931. The van der Waals surface area contributed by atoms with Crippen molar-refractivity contribution >= 4 is 23.2 Å². The Balaban J connectivity index is 2.69. The fourth-order valence-electron chi connectivity index (χ4n) is 1.36. The van der Waals surface area contributed by atoms with Crippen LogP contribution in [0.1, 0.15) is 11.4 Å². The summed E-state index contributed by atoms with van der Waals surface area (Å²) in [4.78, 5) is 20.1. The predicted molar refractivity (Wildman–Crippen MR) is 64.9 cm³/mol. The van der Waals surface area contributed by atoms with Crippen molar-refractivity contribution < 1.29 is 0 Å². The van der Waals surface area contributed by atoms with E-state index in [4.69, 9.17) is 23.2 Å². The fourth-order valence-corrected chi connectivity index (χ4v) is 1.61. The van der Waals surface area contributed by atoms with Gasteiger partial charge in [-0.15, -0.1) is 0 Å². The Labute approximate surface area is 107 Å². The lowest BCUT2D eigenvalue weighted by Crippen LogP contribution is -2.23. The third kappa shape index (κ3) is 2.30. The molecule has 0 aliphatic heterocycles. The van der Waals surface area contributed by atoms with Crippen LogP contribution in [0.15, 0.2) is 17.1 Å². The summed E-state index contributed by atoms with van der Waals surface area (Å²) in [6.07, 6.45) is 1.28. The van der Waals surface area contributed by atoms with Crippen molar-refractivity contribution in [1.82, 2.24) is 19.7 Å². The molecule has 2 heterocycles. The smallest absolute Gasteiger partial charge is 0.266 e. The standard InChI is InChI=1S/C10H8Cl2N4O/c1-5-3-6(2)15-10(14-5)16-9(17)8(12)7(11)4-13-16/h3-4H,1-2H3. The highest BCUT2D eigenvalue weighted by molar-refractivity contribution is 6.41. The van der Waals surface area contributed by atoms with E-state index in [-0.39, 0.29) is 16.0 Å². The summed E-state index contributed by atoms with van der Waals surface area (Å²) in [5, 5.41) is 3.87. The van der Waals surface area contributed by atoms with Crippen molar-refractivity contribution in [3.05, 3.63) is 44.1 Å². The highest BCUT2D eigenvalue weighted by Crippen LogP contribution is 2.15. The summed E-state index contributed by atoms with van der Waals surface area (Å²) in [6, 6.07) is 1.80. The fraction of sp³-hybridized carbons (Fsp3) is 0.200. The summed E-state index contributed by atoms with van der Waals surface area (Å²) in [5.41, 5.74) is 0.948. The molecule has 0 N–H and O–H groups in total. The molecular formula is C10H8Cl2N4O. The van der Waals surface area contributed by atoms with Crippen molar-refractivity contribution in [2.24, 2.45) is 0 Å². The normalized spacial score (nSPS) is 10.6. The van der Waals surface area contributed by atoms with Gasteiger partial charge in [-0.05, 0) is 19.9 Å². The zero-order chi connectivity index (χ0) is 12.6. The largest absolute Gasteiger partial charge is 0.294 e. The van der Waals surface area contributed by atoms with Gasteiger partial charge in [0.15, 0.2) is 0 Å². The van der Waals surface area contributed by atoms with Crippen molar-refractivity contribution in [1.29, 1.82) is 0 Å². The molecule has 0 fully saturated rings. The van der Waals surface area contributed by atoms with Crippen LogP contribution in [0.2, 0.25) is 10.0 Å². The SMILES string of the molecule is Cc1cc(C)nc(-n2ncc(Cl)c(Cl)c2=O)n1. The summed E-state index contributed by atoms with van der Waals surface area (Å²) >= 11 is 11.4. The minimum Gasteiger partial charge on any atom is -0.266 e. The van der Waals surface area contributed by atoms with Gasteiger partial charge in [0.25, 0.3) is 11.5 Å². The molecule has 0 saturated heterocycles. The molecule has 0 unspecified atom stereocenters. The van der Waals surface area contributed by atoms with Gasteiger partial charge < -0.3 is 0 Å². The maximum Gasteiger partial charge on any atom is 0.294 e. The van der Waals surface area contributed by atoms with E-state index in [1.54, 1.807) is 19.9 Å². The van der Waals surface area contributed by atoms with E-state index in [0.29, 0.717) is 0 Å². The first-order chi connectivity index (χ1) is 7.99. The second kappa shape index (κ2) is 4.43. The van der Waals surface area contributed by atoms with E-state index in [9.17, 15) is 4.79 Å². The molecule has 0 spiro atoms. The van der Waals surface area contributed by atoms with E-state index in [1.165, 1.54) is 6.20 Å². The van der Waals surface area contributed by atoms with Gasteiger partial charge in [-0.1, -0.05) is 23.2 Å². The van der Waals surface area contributed by atoms with Crippen LogP contribution in [0.4, 0.5) is 0 Å². The number of nitrogens with zero attached hydrogens (tertiary/aromatic N) is 4. The van der Waals surface area contributed by atoms with Crippen LogP contribution >= 0.6 is 23.2 Å². The van der Waals surface area contributed by atoms with E-state index in [0.717, 1.165) is 16.1 Å². The quantitative estimate of drug-likeness (QED) is 0.795. The van der Waals surface area contributed by atoms with Crippen molar-refractivity contribution in [3.8, 4) is 5.95 Å². The first kappa shape index (κ1) is 12.0. The second-order valence-corrected chi connectivity index (χ2v) is 4.26. The van der Waals surface area contributed by atoms with Crippen LogP contribution in [0, 0.1) is 13.8 Å². The van der Waals surface area contributed by atoms with Crippen LogP contribution in [0.5, 0.6) is 0 Å². The van der Waals surface area contributed by atoms with Crippen molar-refractivity contribution in [3.63, 3.8) is 0 Å². The Kier molecular flexibility index (Phi) is 3.13. The molecule has 0 saturated carbocycles. The maximum absolute atomic E-state index is 11.8. The first-order valence-electron chi connectivity index (χ1n) is 4.75. The number of halogens is 2. The van der Waals surface area contributed by atoms with Gasteiger partial charge in [0.2, 0.25) is 0 Å². The van der Waals surface area contributed by atoms with E-state index < -0.39 is 5.56 Å². The molecule has 2 aromatic rings. The van der Waals surface area contributed by atoms with Gasteiger partial charge in [0.05, 0.1) is 11.2 Å². The Bertz CT molecular complexity index is 618. The lowest BCUT2D eigenvalue weighted by Gasteiger charge is -2.05. The molecular weight excluding hydrogens is 263 g/mol. The average Bonchev–Trinajstić information content (AvgIpc) is 2.24. The highest BCUT2D eigenvalue weighted by Gasteiger charge is 2.11. The Morgan fingerprint density at radius 2 is 1.76 bits per heavy atom. The molecule has 17 heavy (non-hydrogen) atoms. The van der Waals surface area contributed by atoms with Crippen LogP contribution in [0.3, 0.4) is 0 Å². The molecule has 5 nitrogen and oxygen atoms in total. The van der Waals surface area contributed by atoms with Crippen LogP contribution in [-0.4, -0.2) is 19.7 Å². The summed E-state index contributed by atoms with van der Waals surface area (Å²) < 4.78 is 1.02. The van der Waals surface area contributed by atoms with Gasteiger partial charge in [0.1, 0.15) is 5.02 Å². The average molecular weight is 271 g/mol. The van der Waals surface area contributed by atoms with Crippen LogP contribution in [-0.2, 0) is 0 Å². The molecule has 0 amide bonds. The van der Waals surface area contributed by atoms with Gasteiger partial charge in [-0.3, -0.25) is 4.79 Å². The molecule has 0 aliphatic rings. The van der Waals surface area contributed by atoms with Crippen LogP contribution in [0.25, 0.3) is 5.95 Å². The summed E-state index contributed by atoms with van der Waals surface area (Å²) in [7, 11) is 0. The van der Waals surface area contributed by atoms with E-state index in [2.05, 4.69) is 15.1 Å². The Morgan fingerprint density at radius 1 is 1.18 bits per heavy atom. The van der Waals surface area contributed by atoms with Gasteiger partial charge in [-0.25, -0.2) is 9.97 Å². The molecule has 0 aromatic carbocycles. The van der Waals surface area contributed by atoms with Crippen molar-refractivity contribution in [2.75, 3.05) is 0 Å². The predicted octanol–water partition coefficient (Wildman–Crippen LogP) is 1.95. The number of hydrogen-bond donors (Lipinski definition) is 0. The van der Waals surface area contributed by atoms with E-state index >= 15 is 0 Å². The molecule has 7 heteroatoms. The van der Waals surface area contributed by atoms with Gasteiger partial charge >= 0.3 is 0 Å². The van der Waals surface area contributed by atoms with Gasteiger partial charge in [-0.2, -0.15) is 9.78 Å². The third-order valence-electron chi connectivity index (χ3n) is 2.04. The highest BCUT2D eigenvalue weighted by atomic mass is 35.5.